The fourth-order valence-electron chi connectivity index (χ4n) is 4.52. The lowest BCUT2D eigenvalue weighted by Crippen LogP contribution is -2.63. The molecule has 0 bridgehead atoms. The Balaban J connectivity index is 2.54. The van der Waals surface area contributed by atoms with Crippen LogP contribution in [0.4, 0.5) is 39.5 Å². The van der Waals surface area contributed by atoms with Crippen molar-refractivity contribution in [2.24, 2.45) is 0 Å². The zero-order valence-electron chi connectivity index (χ0n) is 28.0. The summed E-state index contributed by atoms with van der Waals surface area (Å²) in [5.41, 5.74) is 0. The average molecular weight is 779 g/mol. The highest BCUT2D eigenvalue weighted by molar-refractivity contribution is 8.33. The van der Waals surface area contributed by atoms with Crippen LogP contribution in [0.15, 0.2) is 87.5 Å². The molecule has 0 spiro atoms. The molecule has 0 fully saturated rings. The quantitative estimate of drug-likeness (QED) is 0.0840. The fraction of sp³-hybridized carbons (Fsp3) is 0.471. The Morgan fingerprint density at radius 2 is 0.961 bits per heavy atom. The highest BCUT2D eigenvalue weighted by atomic mass is 32.3. The van der Waals surface area contributed by atoms with Gasteiger partial charge in [0.1, 0.15) is 22.1 Å². The molecular formula is C34H39F9O6S2. The van der Waals surface area contributed by atoms with Crippen molar-refractivity contribution in [3.8, 4) is 17.2 Å². The Bertz CT molecular complexity index is 1590. The first-order valence-electron chi connectivity index (χ1n) is 16.0. The summed E-state index contributed by atoms with van der Waals surface area (Å²) in [5, 5.41) is -7.14. The van der Waals surface area contributed by atoms with E-state index in [-0.39, 0.29) is 46.9 Å². The molecule has 0 radical (unpaired) electrons. The molecule has 3 rings (SSSR count). The van der Waals surface area contributed by atoms with Crippen molar-refractivity contribution in [2.75, 3.05) is 19.8 Å². The molecule has 286 valence electrons. The Morgan fingerprint density at radius 3 is 1.33 bits per heavy atom. The summed E-state index contributed by atoms with van der Waals surface area (Å²) in [6.07, 6.45) is -3.90. The highest BCUT2D eigenvalue weighted by Crippen LogP contribution is 2.75. The van der Waals surface area contributed by atoms with Gasteiger partial charge in [0.25, 0.3) is 0 Å². The number of hydrogen-bond acceptors (Lipinski definition) is 6. The van der Waals surface area contributed by atoms with Crippen molar-refractivity contribution in [3.05, 3.63) is 72.8 Å². The van der Waals surface area contributed by atoms with Crippen LogP contribution in [0, 0.1) is 0 Å². The van der Waals surface area contributed by atoms with Gasteiger partial charge in [-0.3, -0.25) is 0 Å². The molecule has 17 heteroatoms. The summed E-state index contributed by atoms with van der Waals surface area (Å²) in [6.45, 7) is 5.66. The summed E-state index contributed by atoms with van der Waals surface area (Å²) in [7, 11) is -11.9. The normalized spacial score (nSPS) is 13.6. The van der Waals surface area contributed by atoms with E-state index >= 15 is 8.78 Å². The first kappa shape index (κ1) is 42.1. The van der Waals surface area contributed by atoms with Gasteiger partial charge in [0.05, 0.1) is 19.8 Å². The largest absolute Gasteiger partial charge is 0.493 e. The zero-order valence-corrected chi connectivity index (χ0v) is 29.6. The van der Waals surface area contributed by atoms with Gasteiger partial charge < -0.3 is 14.2 Å². The molecule has 51 heavy (non-hydrogen) atoms. The van der Waals surface area contributed by atoms with Crippen molar-refractivity contribution < 1.29 is 65.8 Å². The van der Waals surface area contributed by atoms with E-state index < -0.39 is 48.6 Å². The number of alkyl halides is 9. The number of benzene rings is 3. The second-order valence-corrected chi connectivity index (χ2v) is 15.7. The van der Waals surface area contributed by atoms with Crippen molar-refractivity contribution >= 4 is 20.4 Å². The summed E-state index contributed by atoms with van der Waals surface area (Å²) in [4.78, 5) is -0.927. The van der Waals surface area contributed by atoms with Gasteiger partial charge >= 0.3 is 33.4 Å². The monoisotopic (exact) mass is 778 g/mol. The number of ether oxygens (including phenoxy) is 3. The molecule has 0 aliphatic heterocycles. The second-order valence-electron chi connectivity index (χ2n) is 11.2. The van der Waals surface area contributed by atoms with E-state index in [0.29, 0.717) is 32.1 Å². The molecule has 0 aromatic heterocycles. The predicted octanol–water partition coefficient (Wildman–Crippen LogP) is 11.2. The first-order valence-corrected chi connectivity index (χ1v) is 19.0. The minimum absolute atomic E-state index is 0.0474. The van der Waals surface area contributed by atoms with Gasteiger partial charge in [0.15, 0.2) is 0 Å². The minimum Gasteiger partial charge on any atom is -0.493 e. The lowest BCUT2D eigenvalue weighted by Gasteiger charge is -2.42. The second kappa shape index (κ2) is 17.0. The maximum absolute atomic E-state index is 15.5. The van der Waals surface area contributed by atoms with E-state index in [1.165, 1.54) is 72.8 Å². The lowest BCUT2D eigenvalue weighted by molar-refractivity contribution is -0.382. The zero-order chi connectivity index (χ0) is 38.1. The van der Waals surface area contributed by atoms with E-state index in [2.05, 4.69) is 0 Å². The molecule has 0 saturated heterocycles. The number of hydrogen-bond donors (Lipinski definition) is 0. The average Bonchev–Trinajstić information content (AvgIpc) is 3.08. The molecule has 0 amide bonds. The molecular weight excluding hydrogens is 739 g/mol. The van der Waals surface area contributed by atoms with E-state index in [1.807, 2.05) is 20.8 Å². The Hall–Kier alpha value is -3.31. The van der Waals surface area contributed by atoms with E-state index in [4.69, 9.17) is 17.8 Å². The molecule has 0 unspecified atom stereocenters. The summed E-state index contributed by atoms with van der Waals surface area (Å²) >= 11 is 0. The Morgan fingerprint density at radius 1 is 0.569 bits per heavy atom. The van der Waals surface area contributed by atoms with Gasteiger partial charge in [-0.1, -0.05) is 76.4 Å². The van der Waals surface area contributed by atoms with Crippen LogP contribution < -0.4 is 14.2 Å². The molecule has 0 saturated carbocycles. The summed E-state index contributed by atoms with van der Waals surface area (Å²) in [5.74, 6) is -15.4. The number of rotatable bonds is 20. The van der Waals surface area contributed by atoms with Gasteiger partial charge in [0.2, 0.25) is 0 Å². The van der Waals surface area contributed by atoms with Gasteiger partial charge in [-0.15, -0.1) is 0 Å². The van der Waals surface area contributed by atoms with Gasteiger partial charge in [-0.2, -0.15) is 47.9 Å². The lowest BCUT2D eigenvalue weighted by atomic mass is 10.1. The smallest absolute Gasteiger partial charge is 0.460 e. The van der Waals surface area contributed by atoms with Crippen LogP contribution in [0.1, 0.15) is 59.3 Å². The van der Waals surface area contributed by atoms with E-state index in [0.717, 1.165) is 6.42 Å². The molecule has 0 heterocycles. The third-order valence-electron chi connectivity index (χ3n) is 7.33. The standard InChI is InChI=1S/C34H39F9O6S2/c1-4-7-20-46-25-23-28(47-21-8-5-2)30(29(24-25)48-22-9-6-3)50(26-16-12-10-13-17-26,27-18-14-11-15-19-27)49-51(44,45)34(42,43)32(37,38)31(35,36)33(39,40)41/h10-19,23-24H,4-9,20-22H2,1-3H3. The predicted molar refractivity (Wildman–Crippen MR) is 174 cm³/mol. The minimum atomic E-state index is -7.53. The van der Waals surface area contributed by atoms with E-state index in [1.54, 1.807) is 0 Å². The SMILES string of the molecule is CCCCOc1cc(OCCCC)c(S(OS(=O)(=O)C(F)(F)C(F)(F)C(F)(F)C(F)(F)F)(c2ccccc2)c2ccccc2)c(OCCCC)c1. The summed E-state index contributed by atoms with van der Waals surface area (Å²) in [6, 6.07) is 15.6. The third kappa shape index (κ3) is 8.67. The van der Waals surface area contributed by atoms with Crippen LogP contribution in [0.3, 0.4) is 0 Å². The summed E-state index contributed by atoms with van der Waals surface area (Å²) < 4.78 is 178. The molecule has 0 N–H and O–H groups in total. The van der Waals surface area contributed by atoms with Gasteiger partial charge in [-0.05, 0) is 53.8 Å². The van der Waals surface area contributed by atoms with Gasteiger partial charge in [-0.25, -0.2) is 3.63 Å². The van der Waals surface area contributed by atoms with Crippen LogP contribution in [0.2, 0.25) is 0 Å². The molecule has 0 aliphatic rings. The number of halogens is 9. The third-order valence-corrected chi connectivity index (χ3v) is 12.6. The van der Waals surface area contributed by atoms with Crippen LogP contribution in [0.5, 0.6) is 17.2 Å². The topological polar surface area (TPSA) is 71.1 Å². The van der Waals surface area contributed by atoms with Crippen molar-refractivity contribution in [3.63, 3.8) is 0 Å². The van der Waals surface area contributed by atoms with Crippen LogP contribution in [-0.2, 0) is 13.7 Å². The molecule has 0 atom stereocenters. The van der Waals surface area contributed by atoms with Crippen molar-refractivity contribution in [1.29, 1.82) is 0 Å². The molecule has 3 aromatic carbocycles. The maximum atomic E-state index is 15.5. The number of unbranched alkanes of at least 4 members (excludes halogenated alkanes) is 3. The van der Waals surface area contributed by atoms with E-state index in [9.17, 15) is 39.2 Å². The molecule has 6 nitrogen and oxygen atoms in total. The molecule has 0 aliphatic carbocycles. The van der Waals surface area contributed by atoms with Crippen LogP contribution in [0.25, 0.3) is 0 Å². The molecule has 3 aromatic rings. The van der Waals surface area contributed by atoms with Crippen molar-refractivity contribution in [2.45, 2.75) is 97.3 Å². The Labute approximate surface area is 292 Å². The fourth-order valence-corrected chi connectivity index (χ4v) is 9.91. The van der Waals surface area contributed by atoms with Gasteiger partial charge in [0, 0.05) is 21.9 Å². The Kier molecular flexibility index (Phi) is 14.0. The van der Waals surface area contributed by atoms with Crippen LogP contribution >= 0.6 is 10.3 Å². The first-order chi connectivity index (χ1) is 23.9. The maximum Gasteiger partial charge on any atom is 0.460 e. The van der Waals surface area contributed by atoms with Crippen molar-refractivity contribution in [1.82, 2.24) is 0 Å². The highest BCUT2D eigenvalue weighted by Gasteiger charge is 2.86. The van der Waals surface area contributed by atoms with Crippen LogP contribution in [-0.4, -0.2) is 51.5 Å².